The van der Waals surface area contributed by atoms with Crippen molar-refractivity contribution in [1.82, 2.24) is 4.90 Å². The highest BCUT2D eigenvalue weighted by Crippen LogP contribution is 2.29. The summed E-state index contributed by atoms with van der Waals surface area (Å²) in [4.78, 5) is 2.43. The lowest BCUT2D eigenvalue weighted by atomic mass is 9.83. The van der Waals surface area contributed by atoms with Gasteiger partial charge in [-0.15, -0.1) is 0 Å². The lowest BCUT2D eigenvalue weighted by molar-refractivity contribution is 0.267. The highest BCUT2D eigenvalue weighted by molar-refractivity contribution is 5.14. The second-order valence-corrected chi connectivity index (χ2v) is 5.47. The first-order chi connectivity index (χ1) is 6.39. The zero-order chi connectivity index (χ0) is 10.8. The van der Waals surface area contributed by atoms with Gasteiger partial charge in [0.25, 0.3) is 0 Å². The number of hydrogen-bond donors (Lipinski definition) is 1. The van der Waals surface area contributed by atoms with E-state index in [4.69, 9.17) is 5.73 Å². The van der Waals surface area contributed by atoms with Crippen LogP contribution in [0.5, 0.6) is 0 Å². The maximum Gasteiger partial charge on any atom is 0.0166 e. The Morgan fingerprint density at radius 3 is 2.50 bits per heavy atom. The monoisotopic (exact) mass is 196 g/mol. The predicted octanol–water partition coefficient (Wildman–Crippen LogP) is 2.01. The molecule has 0 fully saturated rings. The number of rotatable bonds is 2. The lowest BCUT2D eigenvalue weighted by Gasteiger charge is -2.32. The van der Waals surface area contributed by atoms with Crippen LogP contribution >= 0.6 is 0 Å². The summed E-state index contributed by atoms with van der Waals surface area (Å²) in [5.41, 5.74) is 7.72. The molecule has 0 aromatic carbocycles. The second kappa shape index (κ2) is 4.45. The van der Waals surface area contributed by atoms with E-state index in [9.17, 15) is 0 Å². The topological polar surface area (TPSA) is 29.3 Å². The summed E-state index contributed by atoms with van der Waals surface area (Å²) in [5, 5.41) is 0. The fourth-order valence-electron chi connectivity index (χ4n) is 1.97. The molecule has 1 atom stereocenters. The van der Waals surface area contributed by atoms with E-state index in [1.54, 1.807) is 5.57 Å². The van der Waals surface area contributed by atoms with Crippen LogP contribution in [0.3, 0.4) is 0 Å². The van der Waals surface area contributed by atoms with Crippen LogP contribution in [0.1, 0.15) is 34.1 Å². The number of nitrogens with two attached hydrogens (primary N) is 1. The average Bonchev–Trinajstić information content (AvgIpc) is 2.02. The van der Waals surface area contributed by atoms with E-state index in [0.717, 1.165) is 13.1 Å². The van der Waals surface area contributed by atoms with Gasteiger partial charge < -0.3 is 5.73 Å². The van der Waals surface area contributed by atoms with Crippen LogP contribution in [0.15, 0.2) is 11.6 Å². The molecule has 1 unspecified atom stereocenters. The van der Waals surface area contributed by atoms with Crippen molar-refractivity contribution in [3.8, 4) is 0 Å². The van der Waals surface area contributed by atoms with Crippen LogP contribution in [-0.4, -0.2) is 30.6 Å². The van der Waals surface area contributed by atoms with Crippen molar-refractivity contribution in [1.29, 1.82) is 0 Å². The van der Waals surface area contributed by atoms with Crippen LogP contribution in [0.2, 0.25) is 0 Å². The zero-order valence-electron chi connectivity index (χ0n) is 10.0. The van der Waals surface area contributed by atoms with Crippen molar-refractivity contribution < 1.29 is 0 Å². The van der Waals surface area contributed by atoms with Crippen LogP contribution in [-0.2, 0) is 0 Å². The Labute approximate surface area is 88.2 Å². The molecule has 0 aliphatic carbocycles. The predicted molar refractivity (Wildman–Crippen MR) is 62.2 cm³/mol. The Morgan fingerprint density at radius 1 is 1.50 bits per heavy atom. The fourth-order valence-corrected chi connectivity index (χ4v) is 1.97. The Bertz CT molecular complexity index is 211. The molecule has 0 aromatic rings. The average molecular weight is 196 g/mol. The summed E-state index contributed by atoms with van der Waals surface area (Å²) >= 11 is 0. The molecule has 1 aliphatic heterocycles. The van der Waals surface area contributed by atoms with E-state index in [1.165, 1.54) is 13.0 Å². The van der Waals surface area contributed by atoms with E-state index in [1.807, 2.05) is 0 Å². The highest BCUT2D eigenvalue weighted by atomic mass is 15.1. The van der Waals surface area contributed by atoms with Gasteiger partial charge in [0.1, 0.15) is 0 Å². The van der Waals surface area contributed by atoms with Gasteiger partial charge in [-0.2, -0.15) is 0 Å². The van der Waals surface area contributed by atoms with Crippen molar-refractivity contribution in [2.24, 2.45) is 11.1 Å². The van der Waals surface area contributed by atoms with Crippen molar-refractivity contribution in [3.05, 3.63) is 11.6 Å². The molecule has 2 N–H and O–H groups in total. The highest BCUT2D eigenvalue weighted by Gasteiger charge is 2.21. The molecule has 2 nitrogen and oxygen atoms in total. The molecule has 0 radical (unpaired) electrons. The van der Waals surface area contributed by atoms with Gasteiger partial charge in [-0.1, -0.05) is 32.4 Å². The molecule has 0 amide bonds. The van der Waals surface area contributed by atoms with Gasteiger partial charge in [0, 0.05) is 25.7 Å². The summed E-state index contributed by atoms with van der Waals surface area (Å²) in [6.07, 6.45) is 3.59. The Morgan fingerprint density at radius 2 is 2.14 bits per heavy atom. The number of hydrogen-bond acceptors (Lipinski definition) is 2. The molecule has 0 bridgehead atoms. The van der Waals surface area contributed by atoms with Gasteiger partial charge >= 0.3 is 0 Å². The van der Waals surface area contributed by atoms with Gasteiger partial charge in [-0.25, -0.2) is 0 Å². The first-order valence-corrected chi connectivity index (χ1v) is 5.57. The van der Waals surface area contributed by atoms with Gasteiger partial charge in [-0.05, 0) is 18.8 Å². The minimum absolute atomic E-state index is 0.291. The molecule has 0 saturated carbocycles. The molecule has 0 spiro atoms. The first kappa shape index (κ1) is 11.7. The van der Waals surface area contributed by atoms with Crippen molar-refractivity contribution in [2.45, 2.75) is 40.2 Å². The van der Waals surface area contributed by atoms with Crippen LogP contribution < -0.4 is 5.73 Å². The largest absolute Gasteiger partial charge is 0.327 e. The van der Waals surface area contributed by atoms with Gasteiger partial charge in [0.15, 0.2) is 0 Å². The van der Waals surface area contributed by atoms with E-state index in [0.29, 0.717) is 11.5 Å². The molecule has 2 heteroatoms. The van der Waals surface area contributed by atoms with Gasteiger partial charge in [-0.3, -0.25) is 4.90 Å². The Kier molecular flexibility index (Phi) is 3.73. The molecular weight excluding hydrogens is 172 g/mol. The molecule has 82 valence electrons. The molecular formula is C12H24N2. The lowest BCUT2D eigenvalue weighted by Crippen LogP contribution is -2.39. The minimum Gasteiger partial charge on any atom is -0.327 e. The molecule has 0 aromatic heterocycles. The summed E-state index contributed by atoms with van der Waals surface area (Å²) in [6, 6.07) is 0.291. The summed E-state index contributed by atoms with van der Waals surface area (Å²) in [6.45, 7) is 12.2. The van der Waals surface area contributed by atoms with Gasteiger partial charge in [0.2, 0.25) is 0 Å². The SMILES string of the molecule is CC(N)CN1CC=C(C(C)(C)C)CC1. The maximum absolute atomic E-state index is 5.78. The zero-order valence-corrected chi connectivity index (χ0v) is 10.0. The van der Waals surface area contributed by atoms with E-state index in [2.05, 4.69) is 38.7 Å². The number of nitrogens with zero attached hydrogens (tertiary/aromatic N) is 1. The van der Waals surface area contributed by atoms with Gasteiger partial charge in [0.05, 0.1) is 0 Å². The third-order valence-corrected chi connectivity index (χ3v) is 2.80. The molecule has 14 heavy (non-hydrogen) atoms. The van der Waals surface area contributed by atoms with Crippen molar-refractivity contribution in [2.75, 3.05) is 19.6 Å². The second-order valence-electron chi connectivity index (χ2n) is 5.47. The van der Waals surface area contributed by atoms with Crippen LogP contribution in [0.4, 0.5) is 0 Å². The standard InChI is InChI=1S/C12H24N2/c1-10(13)9-14-7-5-11(6-8-14)12(2,3)4/h5,10H,6-9,13H2,1-4H3. The normalized spacial score (nSPS) is 21.9. The van der Waals surface area contributed by atoms with E-state index < -0.39 is 0 Å². The van der Waals surface area contributed by atoms with Crippen LogP contribution in [0, 0.1) is 5.41 Å². The molecule has 1 rings (SSSR count). The summed E-state index contributed by atoms with van der Waals surface area (Å²) in [5.74, 6) is 0. The summed E-state index contributed by atoms with van der Waals surface area (Å²) in [7, 11) is 0. The first-order valence-electron chi connectivity index (χ1n) is 5.57. The minimum atomic E-state index is 0.291. The van der Waals surface area contributed by atoms with Crippen LogP contribution in [0.25, 0.3) is 0 Å². The van der Waals surface area contributed by atoms with Crippen molar-refractivity contribution in [3.63, 3.8) is 0 Å². The molecule has 1 aliphatic rings. The molecule has 0 saturated heterocycles. The smallest absolute Gasteiger partial charge is 0.0166 e. The van der Waals surface area contributed by atoms with E-state index >= 15 is 0 Å². The Balaban J connectivity index is 2.47. The van der Waals surface area contributed by atoms with E-state index in [-0.39, 0.29) is 0 Å². The Hall–Kier alpha value is -0.340. The third-order valence-electron chi connectivity index (χ3n) is 2.80. The quantitative estimate of drug-likeness (QED) is 0.685. The summed E-state index contributed by atoms with van der Waals surface area (Å²) < 4.78 is 0. The fraction of sp³-hybridized carbons (Fsp3) is 0.833. The van der Waals surface area contributed by atoms with Crippen molar-refractivity contribution >= 4 is 0 Å². The molecule has 1 heterocycles. The third kappa shape index (κ3) is 3.43. The maximum atomic E-state index is 5.78.